The van der Waals surface area contributed by atoms with Gasteiger partial charge in [-0.3, -0.25) is 0 Å². The van der Waals surface area contributed by atoms with Crippen molar-refractivity contribution in [1.82, 2.24) is 4.72 Å². The van der Waals surface area contributed by atoms with E-state index in [0.717, 1.165) is 6.07 Å². The number of sulfonamides is 1. The minimum atomic E-state index is -3.81. The Morgan fingerprint density at radius 3 is 2.70 bits per heavy atom. The molecule has 0 saturated heterocycles. The third-order valence-electron chi connectivity index (χ3n) is 2.37. The average molecular weight is 307 g/mol. The fourth-order valence-corrected chi connectivity index (χ4v) is 2.71. The summed E-state index contributed by atoms with van der Waals surface area (Å²) in [6.07, 6.45) is 0.432. The van der Waals surface area contributed by atoms with E-state index in [1.54, 1.807) is 0 Å². The highest BCUT2D eigenvalue weighted by molar-refractivity contribution is 7.89. The summed E-state index contributed by atoms with van der Waals surface area (Å²) in [6.45, 7) is 1.95. The Kier molecular flexibility index (Phi) is 6.14. The fourth-order valence-electron chi connectivity index (χ4n) is 1.46. The number of hydrogen-bond acceptors (Lipinski definition) is 6. The van der Waals surface area contributed by atoms with Gasteiger partial charge in [0.25, 0.3) is 0 Å². The monoisotopic (exact) mass is 307 g/mol. The van der Waals surface area contributed by atoms with E-state index >= 15 is 0 Å². The van der Waals surface area contributed by atoms with Gasteiger partial charge >= 0.3 is 5.97 Å². The average Bonchev–Trinajstić information content (AvgIpc) is 2.77. The summed E-state index contributed by atoms with van der Waals surface area (Å²) in [5.74, 6) is -1.73. The van der Waals surface area contributed by atoms with Gasteiger partial charge in [0.15, 0.2) is 0 Å². The molecule has 0 aliphatic rings. The van der Waals surface area contributed by atoms with Gasteiger partial charge in [0.1, 0.15) is 10.7 Å². The van der Waals surface area contributed by atoms with E-state index in [-0.39, 0.29) is 30.4 Å². The van der Waals surface area contributed by atoms with Crippen molar-refractivity contribution >= 4 is 16.0 Å². The van der Waals surface area contributed by atoms with Crippen molar-refractivity contribution in [2.75, 3.05) is 26.4 Å². The van der Waals surface area contributed by atoms with Crippen LogP contribution < -0.4 is 4.72 Å². The summed E-state index contributed by atoms with van der Waals surface area (Å²) in [5.41, 5.74) is 0. The van der Waals surface area contributed by atoms with Crippen LogP contribution in [-0.2, 0) is 14.8 Å². The number of aryl methyl sites for hydroxylation is 1. The van der Waals surface area contributed by atoms with Crippen molar-refractivity contribution in [3.05, 3.63) is 17.6 Å². The lowest BCUT2D eigenvalue weighted by Gasteiger charge is -2.05. The predicted octanol–water partition coefficient (Wildman–Crippen LogP) is -0.0365. The molecule has 0 unspecified atom stereocenters. The van der Waals surface area contributed by atoms with Crippen LogP contribution >= 0.6 is 0 Å². The first-order valence-corrected chi connectivity index (χ1v) is 7.39. The quantitative estimate of drug-likeness (QED) is 0.546. The zero-order valence-electron chi connectivity index (χ0n) is 11.0. The van der Waals surface area contributed by atoms with E-state index in [2.05, 4.69) is 4.72 Å². The van der Waals surface area contributed by atoms with E-state index in [9.17, 15) is 13.2 Å². The summed E-state index contributed by atoms with van der Waals surface area (Å²) in [4.78, 5) is 10.5. The Bertz CT molecular complexity index is 549. The van der Waals surface area contributed by atoms with Crippen LogP contribution in [0.25, 0.3) is 0 Å². The Hall–Kier alpha value is -1.42. The lowest BCUT2D eigenvalue weighted by Crippen LogP contribution is -2.26. The largest absolute Gasteiger partial charge is 0.475 e. The molecule has 1 aromatic rings. The first-order valence-electron chi connectivity index (χ1n) is 5.90. The molecule has 3 N–H and O–H groups in total. The van der Waals surface area contributed by atoms with Gasteiger partial charge in [0.05, 0.1) is 13.2 Å². The van der Waals surface area contributed by atoms with Crippen LogP contribution in [0.1, 0.15) is 22.7 Å². The first kappa shape index (κ1) is 16.6. The highest BCUT2D eigenvalue weighted by Crippen LogP contribution is 2.19. The molecule has 20 heavy (non-hydrogen) atoms. The van der Waals surface area contributed by atoms with E-state index in [1.807, 2.05) is 0 Å². The van der Waals surface area contributed by atoms with Gasteiger partial charge in [-0.25, -0.2) is 17.9 Å². The smallest absolute Gasteiger partial charge is 0.371 e. The maximum Gasteiger partial charge on any atom is 0.371 e. The number of aromatic carboxylic acids is 1. The van der Waals surface area contributed by atoms with Crippen LogP contribution in [0.3, 0.4) is 0 Å². The summed E-state index contributed by atoms with van der Waals surface area (Å²) in [6, 6.07) is 0.974. The van der Waals surface area contributed by atoms with Crippen molar-refractivity contribution < 1.29 is 32.6 Å². The standard InChI is InChI=1S/C11H17NO7S/c1-8-10(7-9(19-8)11(14)15)20(16,17)12-3-2-5-18-6-4-13/h7,12-13H,2-6H2,1H3,(H,14,15). The Labute approximate surface area is 116 Å². The van der Waals surface area contributed by atoms with Crippen LogP contribution in [0.15, 0.2) is 15.4 Å². The van der Waals surface area contributed by atoms with Gasteiger partial charge < -0.3 is 19.4 Å². The number of nitrogens with one attached hydrogen (secondary N) is 1. The second-order valence-corrected chi connectivity index (χ2v) is 5.66. The zero-order valence-corrected chi connectivity index (χ0v) is 11.8. The topological polar surface area (TPSA) is 126 Å². The van der Waals surface area contributed by atoms with Crippen molar-refractivity contribution in [3.63, 3.8) is 0 Å². The molecule has 0 aliphatic carbocycles. The number of carboxylic acids is 1. The maximum atomic E-state index is 11.9. The third kappa shape index (κ3) is 4.60. The molecule has 1 heterocycles. The predicted molar refractivity (Wildman–Crippen MR) is 68.1 cm³/mol. The van der Waals surface area contributed by atoms with E-state index in [1.165, 1.54) is 6.92 Å². The molecule has 1 rings (SSSR count). The Morgan fingerprint density at radius 1 is 1.45 bits per heavy atom. The molecule has 1 aromatic heterocycles. The van der Waals surface area contributed by atoms with Crippen LogP contribution in [0.4, 0.5) is 0 Å². The number of carboxylic acid groups (broad SMARTS) is 1. The van der Waals surface area contributed by atoms with Gasteiger partial charge in [-0.2, -0.15) is 0 Å². The summed E-state index contributed by atoms with van der Waals surface area (Å²) in [5, 5.41) is 17.2. The molecule has 114 valence electrons. The number of furan rings is 1. The molecule has 8 nitrogen and oxygen atoms in total. The number of ether oxygens (including phenoxy) is 1. The number of carbonyl (C=O) groups is 1. The van der Waals surface area contributed by atoms with Crippen molar-refractivity contribution in [2.45, 2.75) is 18.2 Å². The van der Waals surface area contributed by atoms with Gasteiger partial charge in [-0.15, -0.1) is 0 Å². The highest BCUT2D eigenvalue weighted by atomic mass is 32.2. The minimum absolute atomic E-state index is 0.0198. The van der Waals surface area contributed by atoms with Crippen LogP contribution in [0.5, 0.6) is 0 Å². The lowest BCUT2D eigenvalue weighted by molar-refractivity contribution is 0.0661. The van der Waals surface area contributed by atoms with Gasteiger partial charge in [0, 0.05) is 19.2 Å². The van der Waals surface area contributed by atoms with Gasteiger partial charge in [-0.1, -0.05) is 0 Å². The molecule has 0 fully saturated rings. The van der Waals surface area contributed by atoms with E-state index in [4.69, 9.17) is 19.4 Å². The molecular formula is C11H17NO7S. The molecule has 0 atom stereocenters. The SMILES string of the molecule is Cc1oc(C(=O)O)cc1S(=O)(=O)NCCCOCCO. The molecule has 0 aromatic carbocycles. The maximum absolute atomic E-state index is 11.9. The molecule has 0 radical (unpaired) electrons. The summed E-state index contributed by atoms with van der Waals surface area (Å²) < 4.78 is 36.0. The van der Waals surface area contributed by atoms with Gasteiger partial charge in [0.2, 0.25) is 15.8 Å². The zero-order chi connectivity index (χ0) is 15.2. The van der Waals surface area contributed by atoms with Crippen molar-refractivity contribution in [2.24, 2.45) is 0 Å². The first-order chi connectivity index (χ1) is 9.38. The van der Waals surface area contributed by atoms with E-state index < -0.39 is 21.8 Å². The van der Waals surface area contributed by atoms with Crippen LogP contribution in [0.2, 0.25) is 0 Å². The van der Waals surface area contributed by atoms with E-state index in [0.29, 0.717) is 13.0 Å². The highest BCUT2D eigenvalue weighted by Gasteiger charge is 2.23. The second-order valence-electron chi connectivity index (χ2n) is 3.92. The molecular weight excluding hydrogens is 290 g/mol. The summed E-state index contributed by atoms with van der Waals surface area (Å²) >= 11 is 0. The second kappa shape index (κ2) is 7.39. The third-order valence-corrected chi connectivity index (χ3v) is 3.93. The Morgan fingerprint density at radius 2 is 2.15 bits per heavy atom. The van der Waals surface area contributed by atoms with Crippen LogP contribution in [-0.4, -0.2) is 51.0 Å². The van der Waals surface area contributed by atoms with Crippen LogP contribution in [0, 0.1) is 6.92 Å². The molecule has 0 aliphatic heterocycles. The number of rotatable bonds is 9. The number of aliphatic hydroxyl groups is 1. The normalized spacial score (nSPS) is 11.7. The molecule has 0 amide bonds. The van der Waals surface area contributed by atoms with Gasteiger partial charge in [-0.05, 0) is 13.3 Å². The minimum Gasteiger partial charge on any atom is -0.475 e. The molecule has 0 saturated carbocycles. The number of hydrogen-bond donors (Lipinski definition) is 3. The fraction of sp³-hybridized carbons (Fsp3) is 0.545. The Balaban J connectivity index is 2.58. The molecule has 0 bridgehead atoms. The molecule has 9 heteroatoms. The summed E-state index contributed by atoms with van der Waals surface area (Å²) in [7, 11) is -3.81. The van der Waals surface area contributed by atoms with Crippen molar-refractivity contribution in [1.29, 1.82) is 0 Å². The number of aliphatic hydroxyl groups excluding tert-OH is 1. The lowest BCUT2D eigenvalue weighted by atomic mass is 10.4. The van der Waals surface area contributed by atoms with Crippen molar-refractivity contribution in [3.8, 4) is 0 Å². The molecule has 0 spiro atoms.